The van der Waals surface area contributed by atoms with Crippen LogP contribution < -0.4 is 5.32 Å². The van der Waals surface area contributed by atoms with Crippen LogP contribution in [0.15, 0.2) is 77.9 Å². The fourth-order valence-corrected chi connectivity index (χ4v) is 3.46. The first-order valence-corrected chi connectivity index (χ1v) is 10.1. The second-order valence-corrected chi connectivity index (χ2v) is 7.21. The fourth-order valence-electron chi connectivity index (χ4n) is 3.46. The number of para-hydroxylation sites is 1. The molecule has 3 aromatic carbocycles. The molecule has 0 radical (unpaired) electrons. The molecule has 1 aliphatic heterocycles. The Labute approximate surface area is 190 Å². The van der Waals surface area contributed by atoms with E-state index in [0.29, 0.717) is 27.9 Å². The average Bonchev–Trinajstić information content (AvgIpc) is 2.87. The minimum Gasteiger partial charge on any atom is -0.465 e. The van der Waals surface area contributed by atoms with Crippen LogP contribution in [-0.2, 0) is 9.47 Å². The summed E-state index contributed by atoms with van der Waals surface area (Å²) in [6.07, 6.45) is 0.953. The Morgan fingerprint density at radius 1 is 0.879 bits per heavy atom. The summed E-state index contributed by atoms with van der Waals surface area (Å²) in [6, 6.07) is 20.7. The first kappa shape index (κ1) is 21.8. The van der Waals surface area contributed by atoms with Crippen LogP contribution in [0.5, 0.6) is 0 Å². The van der Waals surface area contributed by atoms with E-state index < -0.39 is 18.1 Å². The third-order valence-corrected chi connectivity index (χ3v) is 5.21. The number of fused-ring (bicyclic) bond motifs is 1. The molecule has 1 atom stereocenters. The van der Waals surface area contributed by atoms with Crippen LogP contribution in [0, 0.1) is 0 Å². The zero-order valence-electron chi connectivity index (χ0n) is 18.0. The normalized spacial score (nSPS) is 15.0. The van der Waals surface area contributed by atoms with E-state index in [2.05, 4.69) is 10.4 Å². The zero-order chi connectivity index (χ0) is 23.4. The Hall–Kier alpha value is -4.46. The number of hydrogen-bond acceptors (Lipinski definition) is 7. The highest BCUT2D eigenvalue weighted by molar-refractivity contribution is 6.02. The number of benzene rings is 3. The molecule has 0 fully saturated rings. The van der Waals surface area contributed by atoms with Gasteiger partial charge in [0.25, 0.3) is 5.91 Å². The number of hydrogen-bond donors (Lipinski definition) is 1. The second-order valence-electron chi connectivity index (χ2n) is 7.21. The van der Waals surface area contributed by atoms with Crippen LogP contribution in [0.2, 0.25) is 0 Å². The van der Waals surface area contributed by atoms with Crippen LogP contribution >= 0.6 is 0 Å². The van der Waals surface area contributed by atoms with Gasteiger partial charge in [0, 0.05) is 5.69 Å². The quantitative estimate of drug-likeness (QED) is 0.475. The molecule has 4 rings (SSSR count). The number of ether oxygens (including phenoxy) is 2. The molecule has 1 unspecified atom stereocenters. The van der Waals surface area contributed by atoms with Crippen molar-refractivity contribution in [2.24, 2.45) is 5.10 Å². The number of hydrazone groups is 1. The number of nitrogens with zero attached hydrogens (tertiary/aromatic N) is 2. The Kier molecular flexibility index (Phi) is 6.17. The Morgan fingerprint density at radius 3 is 2.06 bits per heavy atom. The van der Waals surface area contributed by atoms with Crippen molar-refractivity contribution in [3.63, 3.8) is 0 Å². The topological polar surface area (TPSA) is 97.3 Å². The summed E-state index contributed by atoms with van der Waals surface area (Å²) in [5.74, 6) is -1.14. The molecular formula is C25H21N3O5. The number of nitrogens with one attached hydrogen (secondary N) is 1. The molecule has 1 heterocycles. The molecule has 166 valence electrons. The van der Waals surface area contributed by atoms with Gasteiger partial charge in [-0.1, -0.05) is 36.4 Å². The molecule has 3 aromatic rings. The van der Waals surface area contributed by atoms with Gasteiger partial charge in [0.1, 0.15) is 0 Å². The largest absolute Gasteiger partial charge is 0.465 e. The van der Waals surface area contributed by atoms with Crippen molar-refractivity contribution < 1.29 is 23.9 Å². The number of esters is 2. The van der Waals surface area contributed by atoms with Crippen LogP contribution in [-0.4, -0.2) is 43.3 Å². The van der Waals surface area contributed by atoms with Crippen LogP contribution in [0.25, 0.3) is 0 Å². The standard InChI is InChI=1S/C25H21N3O5/c1-32-24(30)18-9-7-16(8-10-18)15-26-28-22(17-11-13-19(14-12-17)25(31)33-2)27-21-6-4-3-5-20(21)23(28)29/h3-15,22,27H,1-2H3/b26-15+. The molecule has 8 heteroatoms. The number of anilines is 1. The van der Waals surface area contributed by atoms with Gasteiger partial charge >= 0.3 is 11.9 Å². The summed E-state index contributed by atoms with van der Waals surface area (Å²) in [7, 11) is 2.64. The molecule has 33 heavy (non-hydrogen) atoms. The maximum Gasteiger partial charge on any atom is 0.337 e. The lowest BCUT2D eigenvalue weighted by Crippen LogP contribution is -2.39. The molecule has 0 aromatic heterocycles. The molecule has 0 saturated carbocycles. The molecule has 1 N–H and O–H groups in total. The smallest absolute Gasteiger partial charge is 0.337 e. The molecule has 0 saturated heterocycles. The van der Waals surface area contributed by atoms with E-state index in [0.717, 1.165) is 5.56 Å². The molecular weight excluding hydrogens is 422 g/mol. The van der Waals surface area contributed by atoms with Crippen molar-refractivity contribution in [3.8, 4) is 0 Å². The number of carbonyl (C=O) groups is 3. The molecule has 8 nitrogen and oxygen atoms in total. The number of rotatable bonds is 5. The third-order valence-electron chi connectivity index (χ3n) is 5.21. The van der Waals surface area contributed by atoms with Gasteiger partial charge in [0.05, 0.1) is 37.1 Å². The van der Waals surface area contributed by atoms with Crippen molar-refractivity contribution in [3.05, 3.63) is 101 Å². The van der Waals surface area contributed by atoms with Gasteiger partial charge in [-0.3, -0.25) is 4.79 Å². The maximum atomic E-state index is 13.3. The van der Waals surface area contributed by atoms with Gasteiger partial charge in [-0.25, -0.2) is 14.6 Å². The van der Waals surface area contributed by atoms with Crippen molar-refractivity contribution in [2.75, 3.05) is 19.5 Å². The summed E-state index contributed by atoms with van der Waals surface area (Å²) in [4.78, 5) is 36.7. The highest BCUT2D eigenvalue weighted by Gasteiger charge is 2.33. The number of methoxy groups -OCH3 is 2. The second kappa shape index (κ2) is 9.35. The van der Waals surface area contributed by atoms with Crippen molar-refractivity contribution in [1.29, 1.82) is 0 Å². The lowest BCUT2D eigenvalue weighted by Gasteiger charge is -2.34. The summed E-state index contributed by atoms with van der Waals surface area (Å²) < 4.78 is 9.46. The first-order valence-electron chi connectivity index (χ1n) is 10.1. The summed E-state index contributed by atoms with van der Waals surface area (Å²) >= 11 is 0. The molecule has 0 spiro atoms. The minimum absolute atomic E-state index is 0.270. The Bertz CT molecular complexity index is 1220. The van der Waals surface area contributed by atoms with Crippen molar-refractivity contribution in [2.45, 2.75) is 6.17 Å². The van der Waals surface area contributed by atoms with Gasteiger partial charge in [-0.2, -0.15) is 5.10 Å². The highest BCUT2D eigenvalue weighted by Crippen LogP contribution is 2.33. The molecule has 0 aliphatic carbocycles. The summed E-state index contributed by atoms with van der Waals surface area (Å²) in [6.45, 7) is 0. The van der Waals surface area contributed by atoms with Gasteiger partial charge < -0.3 is 14.8 Å². The van der Waals surface area contributed by atoms with Gasteiger partial charge in [0.15, 0.2) is 6.17 Å². The third kappa shape index (κ3) is 4.45. The number of carbonyl (C=O) groups excluding carboxylic acids is 3. The average molecular weight is 443 g/mol. The van der Waals surface area contributed by atoms with Crippen LogP contribution in [0.3, 0.4) is 0 Å². The maximum absolute atomic E-state index is 13.3. The summed E-state index contributed by atoms with van der Waals surface area (Å²) in [5, 5.41) is 9.14. The highest BCUT2D eigenvalue weighted by atomic mass is 16.5. The van der Waals surface area contributed by atoms with E-state index in [1.807, 2.05) is 12.1 Å². The summed E-state index contributed by atoms with van der Waals surface area (Å²) in [5.41, 5.74) is 3.46. The number of amides is 1. The monoisotopic (exact) mass is 443 g/mol. The van der Waals surface area contributed by atoms with Gasteiger partial charge in [-0.15, -0.1) is 0 Å². The van der Waals surface area contributed by atoms with Gasteiger partial charge in [-0.05, 0) is 47.5 Å². The Morgan fingerprint density at radius 2 is 1.45 bits per heavy atom. The molecule has 1 amide bonds. The van der Waals surface area contributed by atoms with E-state index in [1.165, 1.54) is 19.2 Å². The van der Waals surface area contributed by atoms with E-state index in [-0.39, 0.29) is 5.91 Å². The lowest BCUT2D eigenvalue weighted by molar-refractivity contribution is 0.0591. The van der Waals surface area contributed by atoms with E-state index in [9.17, 15) is 14.4 Å². The van der Waals surface area contributed by atoms with E-state index in [1.54, 1.807) is 66.9 Å². The lowest BCUT2D eigenvalue weighted by atomic mass is 10.0. The molecule has 0 bridgehead atoms. The first-order chi connectivity index (χ1) is 16.0. The van der Waals surface area contributed by atoms with Crippen molar-refractivity contribution >= 4 is 29.7 Å². The predicted molar refractivity (Wildman–Crippen MR) is 122 cm³/mol. The zero-order valence-corrected chi connectivity index (χ0v) is 18.0. The van der Waals surface area contributed by atoms with Crippen LogP contribution in [0.4, 0.5) is 5.69 Å². The van der Waals surface area contributed by atoms with Gasteiger partial charge in [0.2, 0.25) is 0 Å². The fraction of sp³-hybridized carbons (Fsp3) is 0.120. The Balaban J connectivity index is 1.66. The minimum atomic E-state index is -0.593. The van der Waals surface area contributed by atoms with Crippen molar-refractivity contribution in [1.82, 2.24) is 5.01 Å². The van der Waals surface area contributed by atoms with E-state index >= 15 is 0 Å². The van der Waals surface area contributed by atoms with Crippen LogP contribution in [0.1, 0.15) is 48.4 Å². The molecule has 1 aliphatic rings. The predicted octanol–water partition coefficient (Wildman–Crippen LogP) is 3.86. The van der Waals surface area contributed by atoms with E-state index in [4.69, 9.17) is 9.47 Å². The SMILES string of the molecule is COC(=O)c1ccc(/C=N/N2C(=O)c3ccccc3NC2c2ccc(C(=O)OC)cc2)cc1.